The van der Waals surface area contributed by atoms with E-state index in [1.165, 1.54) is 12.1 Å². The number of carbonyl (C=O) groups excluding carboxylic acids is 1. The summed E-state index contributed by atoms with van der Waals surface area (Å²) in [6.45, 7) is 5.88. The molecule has 23 heavy (non-hydrogen) atoms. The van der Waals surface area contributed by atoms with Gasteiger partial charge in [0.05, 0.1) is 11.2 Å². The largest absolute Gasteiger partial charge is 0.416 e. The molecule has 3 nitrogen and oxygen atoms in total. The molecular weight excluding hydrogens is 307 g/mol. The molecule has 0 spiro atoms. The second kappa shape index (κ2) is 6.15. The number of hydrogen-bond acceptors (Lipinski definition) is 2. The van der Waals surface area contributed by atoms with Crippen LogP contribution in [0.1, 0.15) is 44.2 Å². The first kappa shape index (κ1) is 17.8. The summed E-state index contributed by atoms with van der Waals surface area (Å²) in [5, 5.41) is 9.86. The van der Waals surface area contributed by atoms with Crippen molar-refractivity contribution in [3.05, 3.63) is 35.4 Å². The van der Waals surface area contributed by atoms with Gasteiger partial charge < -0.3 is 10.0 Å². The highest BCUT2D eigenvalue weighted by molar-refractivity contribution is 5.83. The normalized spacial score (nSPS) is 21.2. The van der Waals surface area contributed by atoms with E-state index >= 15 is 0 Å². The molecule has 1 aromatic rings. The summed E-state index contributed by atoms with van der Waals surface area (Å²) >= 11 is 0. The molecule has 1 aromatic carbocycles. The number of rotatable bonds is 5. The molecule has 1 aliphatic rings. The second-order valence-electron chi connectivity index (χ2n) is 6.73. The molecule has 1 aliphatic carbocycles. The van der Waals surface area contributed by atoms with Crippen LogP contribution in [0.2, 0.25) is 0 Å². The number of carbonyl (C=O) groups is 1. The van der Waals surface area contributed by atoms with Crippen LogP contribution < -0.4 is 0 Å². The summed E-state index contributed by atoms with van der Waals surface area (Å²) in [5.41, 5.74) is -0.887. The monoisotopic (exact) mass is 329 g/mol. The molecule has 2 atom stereocenters. The average Bonchev–Trinajstić information content (AvgIpc) is 3.22. The van der Waals surface area contributed by atoms with E-state index in [2.05, 4.69) is 0 Å². The van der Waals surface area contributed by atoms with Crippen LogP contribution in [0.4, 0.5) is 13.2 Å². The van der Waals surface area contributed by atoms with Crippen molar-refractivity contribution < 1.29 is 23.1 Å². The minimum Gasteiger partial charge on any atom is -0.389 e. The zero-order chi connectivity index (χ0) is 17.4. The molecule has 0 saturated heterocycles. The lowest BCUT2D eigenvalue weighted by molar-refractivity contribution is -0.137. The predicted octanol–water partition coefficient (Wildman–Crippen LogP) is 3.43. The highest BCUT2D eigenvalue weighted by Crippen LogP contribution is 2.49. The van der Waals surface area contributed by atoms with E-state index in [0.29, 0.717) is 13.0 Å². The highest BCUT2D eigenvalue weighted by atomic mass is 19.4. The number of aliphatic hydroxyl groups is 1. The van der Waals surface area contributed by atoms with E-state index in [-0.39, 0.29) is 24.3 Å². The summed E-state index contributed by atoms with van der Waals surface area (Å²) in [5.74, 6) is -0.269. The fraction of sp³-hybridized carbons (Fsp3) is 0.588. The standard InChI is InChI=1S/C17H22F3NO2/c1-4-21(10-16(2,3)23)15(22)14-9-13(14)11-5-7-12(8-6-11)17(18,19)20/h5-8,13-14,23H,4,9-10H2,1-3H3. The molecular formula is C17H22F3NO2. The van der Waals surface area contributed by atoms with Crippen molar-refractivity contribution in [1.82, 2.24) is 4.90 Å². The Balaban J connectivity index is 2.02. The molecule has 6 heteroatoms. The summed E-state index contributed by atoms with van der Waals surface area (Å²) in [6, 6.07) is 5.02. The smallest absolute Gasteiger partial charge is 0.389 e. The van der Waals surface area contributed by atoms with Gasteiger partial charge >= 0.3 is 6.18 Å². The van der Waals surface area contributed by atoms with Gasteiger partial charge in [0.2, 0.25) is 5.91 Å². The van der Waals surface area contributed by atoms with Gasteiger partial charge in [0.15, 0.2) is 0 Å². The topological polar surface area (TPSA) is 40.5 Å². The Labute approximate surface area is 134 Å². The maximum atomic E-state index is 12.6. The van der Waals surface area contributed by atoms with E-state index in [0.717, 1.165) is 17.7 Å². The first-order valence-electron chi connectivity index (χ1n) is 7.71. The number of amides is 1. The van der Waals surface area contributed by atoms with Crippen LogP contribution in [0.25, 0.3) is 0 Å². The molecule has 0 heterocycles. The Morgan fingerprint density at radius 3 is 2.26 bits per heavy atom. The molecule has 1 amide bonds. The lowest BCUT2D eigenvalue weighted by atomic mass is 10.1. The first-order chi connectivity index (χ1) is 10.5. The van der Waals surface area contributed by atoms with Crippen molar-refractivity contribution >= 4 is 5.91 Å². The third-order valence-corrected chi connectivity index (χ3v) is 4.04. The van der Waals surface area contributed by atoms with Crippen LogP contribution in [0, 0.1) is 5.92 Å². The fourth-order valence-electron chi connectivity index (χ4n) is 2.80. The quantitative estimate of drug-likeness (QED) is 0.899. The van der Waals surface area contributed by atoms with Crippen molar-refractivity contribution in [1.29, 1.82) is 0 Å². The van der Waals surface area contributed by atoms with Gasteiger partial charge in [-0.2, -0.15) is 13.2 Å². The second-order valence-corrected chi connectivity index (χ2v) is 6.73. The van der Waals surface area contributed by atoms with E-state index < -0.39 is 17.3 Å². The number of alkyl halides is 3. The van der Waals surface area contributed by atoms with Gasteiger partial charge in [0.25, 0.3) is 0 Å². The zero-order valence-corrected chi connectivity index (χ0v) is 13.5. The van der Waals surface area contributed by atoms with Crippen molar-refractivity contribution in [2.45, 2.75) is 44.9 Å². The minimum absolute atomic E-state index is 0.0272. The summed E-state index contributed by atoms with van der Waals surface area (Å²) in [6.07, 6.45) is -3.70. The van der Waals surface area contributed by atoms with Crippen LogP contribution in [0.3, 0.4) is 0 Å². The lowest BCUT2D eigenvalue weighted by Gasteiger charge is -2.28. The highest BCUT2D eigenvalue weighted by Gasteiger charge is 2.46. The molecule has 1 saturated carbocycles. The Morgan fingerprint density at radius 1 is 1.26 bits per heavy atom. The molecule has 0 aliphatic heterocycles. The molecule has 0 bridgehead atoms. The Bertz CT molecular complexity index is 561. The van der Waals surface area contributed by atoms with Crippen molar-refractivity contribution in [2.24, 2.45) is 5.92 Å². The Hall–Kier alpha value is -1.56. The molecule has 128 valence electrons. The number of nitrogens with zero attached hydrogens (tertiary/aromatic N) is 1. The van der Waals surface area contributed by atoms with Gasteiger partial charge in [0, 0.05) is 19.0 Å². The van der Waals surface area contributed by atoms with Crippen LogP contribution in [-0.2, 0) is 11.0 Å². The van der Waals surface area contributed by atoms with Crippen LogP contribution >= 0.6 is 0 Å². The third-order valence-electron chi connectivity index (χ3n) is 4.04. The van der Waals surface area contributed by atoms with Crippen LogP contribution in [0.15, 0.2) is 24.3 Å². The molecule has 0 aromatic heterocycles. The number of hydrogen-bond donors (Lipinski definition) is 1. The van der Waals surface area contributed by atoms with Crippen molar-refractivity contribution in [2.75, 3.05) is 13.1 Å². The Morgan fingerprint density at radius 2 is 1.83 bits per heavy atom. The van der Waals surface area contributed by atoms with Gasteiger partial charge in [-0.05, 0) is 50.8 Å². The Kier molecular flexibility index (Phi) is 4.76. The molecule has 0 radical (unpaired) electrons. The predicted molar refractivity (Wildman–Crippen MR) is 80.8 cm³/mol. The summed E-state index contributed by atoms with van der Waals surface area (Å²) < 4.78 is 37.7. The zero-order valence-electron chi connectivity index (χ0n) is 13.5. The maximum Gasteiger partial charge on any atom is 0.416 e. The number of likely N-dealkylation sites (N-methyl/N-ethyl adjacent to an activating group) is 1. The molecule has 2 unspecified atom stereocenters. The SMILES string of the molecule is CCN(CC(C)(C)O)C(=O)C1CC1c1ccc(C(F)(F)F)cc1. The lowest BCUT2D eigenvalue weighted by Crippen LogP contribution is -2.42. The van der Waals surface area contributed by atoms with Crippen molar-refractivity contribution in [3.8, 4) is 0 Å². The summed E-state index contributed by atoms with van der Waals surface area (Å²) in [7, 11) is 0. The van der Waals surface area contributed by atoms with Crippen LogP contribution in [0.5, 0.6) is 0 Å². The number of halogens is 3. The first-order valence-corrected chi connectivity index (χ1v) is 7.71. The van der Waals surface area contributed by atoms with Gasteiger partial charge in [-0.15, -0.1) is 0 Å². The van der Waals surface area contributed by atoms with Gasteiger partial charge in [0.1, 0.15) is 0 Å². The van der Waals surface area contributed by atoms with Crippen molar-refractivity contribution in [3.63, 3.8) is 0 Å². The van der Waals surface area contributed by atoms with E-state index in [4.69, 9.17) is 0 Å². The maximum absolute atomic E-state index is 12.6. The molecule has 1 fully saturated rings. The van der Waals surface area contributed by atoms with E-state index in [1.807, 2.05) is 6.92 Å². The van der Waals surface area contributed by atoms with E-state index in [9.17, 15) is 23.1 Å². The molecule has 2 rings (SSSR count). The van der Waals surface area contributed by atoms with Gasteiger partial charge in [-0.1, -0.05) is 12.1 Å². The summed E-state index contributed by atoms with van der Waals surface area (Å²) in [4.78, 5) is 14.1. The average molecular weight is 329 g/mol. The number of benzene rings is 1. The van der Waals surface area contributed by atoms with Gasteiger partial charge in [-0.25, -0.2) is 0 Å². The van der Waals surface area contributed by atoms with E-state index in [1.54, 1.807) is 18.7 Å². The van der Waals surface area contributed by atoms with Gasteiger partial charge in [-0.3, -0.25) is 4.79 Å². The third kappa shape index (κ3) is 4.47. The fourth-order valence-corrected chi connectivity index (χ4v) is 2.80. The molecule has 1 N–H and O–H groups in total. The minimum atomic E-state index is -4.34. The van der Waals surface area contributed by atoms with Crippen LogP contribution in [-0.4, -0.2) is 34.6 Å².